The second-order valence-electron chi connectivity index (χ2n) is 7.92. The van der Waals surface area contributed by atoms with Gasteiger partial charge in [-0.25, -0.2) is 4.99 Å². The van der Waals surface area contributed by atoms with Gasteiger partial charge in [0, 0.05) is 39.2 Å². The van der Waals surface area contributed by atoms with E-state index in [1.54, 1.807) is 0 Å². The number of nitrogens with one attached hydrogen (secondary N) is 2. The molecule has 0 radical (unpaired) electrons. The highest BCUT2D eigenvalue weighted by molar-refractivity contribution is 5.97. The molecule has 1 saturated heterocycles. The molecule has 4 rings (SSSR count). The zero-order chi connectivity index (χ0) is 20.1. The number of hydrogen-bond acceptors (Lipinski definition) is 7. The van der Waals surface area contributed by atoms with E-state index in [0.717, 1.165) is 38.4 Å². The molecule has 1 fully saturated rings. The van der Waals surface area contributed by atoms with Crippen LogP contribution in [-0.2, 0) is 22.5 Å². The Hall–Kier alpha value is -2.29. The Morgan fingerprint density at radius 3 is 3.03 bits per heavy atom. The van der Waals surface area contributed by atoms with Crippen LogP contribution >= 0.6 is 0 Å². The van der Waals surface area contributed by atoms with Crippen molar-refractivity contribution in [1.82, 2.24) is 15.5 Å². The lowest BCUT2D eigenvalue weighted by molar-refractivity contribution is -0.122. The first kappa shape index (κ1) is 20.0. The minimum absolute atomic E-state index is 0.179. The maximum atomic E-state index is 12.5. The van der Waals surface area contributed by atoms with Gasteiger partial charge in [-0.05, 0) is 24.0 Å². The molecule has 8 heteroatoms. The molecule has 0 spiro atoms. The van der Waals surface area contributed by atoms with Crippen LogP contribution in [-0.4, -0.2) is 79.1 Å². The van der Waals surface area contributed by atoms with Crippen molar-refractivity contribution in [3.05, 3.63) is 35.4 Å². The van der Waals surface area contributed by atoms with Gasteiger partial charge in [-0.15, -0.1) is 0 Å². The number of hydrogen-bond donors (Lipinski definition) is 3. The van der Waals surface area contributed by atoms with E-state index in [-0.39, 0.29) is 18.5 Å². The number of carbonyl (C=O) groups excluding carboxylic acids is 1. The van der Waals surface area contributed by atoms with Gasteiger partial charge >= 0.3 is 0 Å². The van der Waals surface area contributed by atoms with Crippen molar-refractivity contribution in [3.8, 4) is 0 Å². The summed E-state index contributed by atoms with van der Waals surface area (Å²) in [7, 11) is 0. The first-order valence-electron chi connectivity index (χ1n) is 10.3. The van der Waals surface area contributed by atoms with E-state index in [2.05, 4.69) is 49.8 Å². The van der Waals surface area contributed by atoms with Crippen LogP contribution in [0, 0.1) is 0 Å². The molecule has 3 aliphatic rings. The van der Waals surface area contributed by atoms with Crippen LogP contribution in [0.15, 0.2) is 34.3 Å². The molecule has 3 aliphatic heterocycles. The van der Waals surface area contributed by atoms with Crippen LogP contribution in [0.25, 0.3) is 0 Å². The van der Waals surface area contributed by atoms with Gasteiger partial charge in [-0.2, -0.15) is 0 Å². The summed E-state index contributed by atoms with van der Waals surface area (Å²) in [5.41, 5.74) is 2.70. The van der Waals surface area contributed by atoms with Crippen molar-refractivity contribution in [3.63, 3.8) is 0 Å². The number of amides is 1. The number of nitrogens with zero attached hydrogens (tertiary/aromatic N) is 3. The van der Waals surface area contributed by atoms with Crippen LogP contribution in [0.2, 0.25) is 0 Å². The van der Waals surface area contributed by atoms with E-state index in [1.807, 2.05) is 0 Å². The van der Waals surface area contributed by atoms with Crippen molar-refractivity contribution < 1.29 is 14.6 Å². The lowest BCUT2D eigenvalue weighted by Gasteiger charge is -2.30. The number of ether oxygens (including phenoxy) is 1. The Balaban J connectivity index is 1.19. The van der Waals surface area contributed by atoms with Gasteiger partial charge < -0.3 is 20.5 Å². The SMILES string of the molecule is O=C(NC[C@H](O)CN1CCc2ccccc2C1)C1CC(NC2CCOC2)=NC=N1. The van der Waals surface area contributed by atoms with Crippen molar-refractivity contribution >= 4 is 18.1 Å². The number of β-amino-alcohol motifs (C(OH)–C–C–N with tert-alkyl or cyclic N) is 1. The van der Waals surface area contributed by atoms with Gasteiger partial charge in [-0.1, -0.05) is 24.3 Å². The highest BCUT2D eigenvalue weighted by Gasteiger charge is 2.25. The molecule has 3 N–H and O–H groups in total. The van der Waals surface area contributed by atoms with Gasteiger partial charge in [0.25, 0.3) is 0 Å². The molecule has 0 saturated carbocycles. The third-order valence-electron chi connectivity index (χ3n) is 5.64. The summed E-state index contributed by atoms with van der Waals surface area (Å²) >= 11 is 0. The normalized spacial score (nSPS) is 25.2. The largest absolute Gasteiger partial charge is 0.390 e. The summed E-state index contributed by atoms with van der Waals surface area (Å²) in [6, 6.07) is 8.17. The highest BCUT2D eigenvalue weighted by Crippen LogP contribution is 2.18. The Morgan fingerprint density at radius 1 is 1.34 bits per heavy atom. The molecule has 0 aromatic heterocycles. The van der Waals surface area contributed by atoms with Gasteiger partial charge in [0.1, 0.15) is 18.2 Å². The topological polar surface area (TPSA) is 98.5 Å². The Kier molecular flexibility index (Phi) is 6.53. The summed E-state index contributed by atoms with van der Waals surface area (Å²) in [5, 5.41) is 16.6. The second kappa shape index (κ2) is 9.47. The molecule has 29 heavy (non-hydrogen) atoms. The minimum Gasteiger partial charge on any atom is -0.390 e. The van der Waals surface area contributed by atoms with Crippen LogP contribution < -0.4 is 10.6 Å². The third kappa shape index (κ3) is 5.41. The van der Waals surface area contributed by atoms with E-state index in [4.69, 9.17) is 4.74 Å². The number of fused-ring (bicyclic) bond motifs is 1. The summed E-state index contributed by atoms with van der Waals surface area (Å²) in [4.78, 5) is 23.1. The predicted molar refractivity (Wildman–Crippen MR) is 111 cm³/mol. The first-order valence-corrected chi connectivity index (χ1v) is 10.3. The fraction of sp³-hybridized carbons (Fsp3) is 0.571. The number of aliphatic imine (C=N–C) groups is 2. The Bertz CT molecular complexity index is 775. The van der Waals surface area contributed by atoms with E-state index >= 15 is 0 Å². The smallest absolute Gasteiger partial charge is 0.245 e. The zero-order valence-corrected chi connectivity index (χ0v) is 16.6. The molecule has 1 aromatic rings. The molecule has 0 bridgehead atoms. The molecule has 156 valence electrons. The molecule has 1 aromatic carbocycles. The van der Waals surface area contributed by atoms with Crippen LogP contribution in [0.1, 0.15) is 24.0 Å². The standard InChI is InChI=1S/C21H29N5O3/c27-18(12-26-7-5-15-3-1-2-4-16(15)11-26)10-22-21(28)19-9-20(24-14-23-19)25-17-6-8-29-13-17/h1-4,14,17-19,27H,5-13H2,(H,22,28)(H,23,24,25)/t17?,18-,19?/m0/s1. The van der Waals surface area contributed by atoms with Crippen molar-refractivity contribution in [1.29, 1.82) is 0 Å². The summed E-state index contributed by atoms with van der Waals surface area (Å²) < 4.78 is 5.36. The first-order chi connectivity index (χ1) is 14.2. The minimum atomic E-state index is -0.612. The van der Waals surface area contributed by atoms with Crippen molar-refractivity contribution in [2.75, 3.05) is 32.8 Å². The van der Waals surface area contributed by atoms with Crippen LogP contribution in [0.4, 0.5) is 0 Å². The highest BCUT2D eigenvalue weighted by atomic mass is 16.5. The number of rotatable bonds is 6. The van der Waals surface area contributed by atoms with E-state index < -0.39 is 12.1 Å². The van der Waals surface area contributed by atoms with Crippen molar-refractivity contribution in [2.24, 2.45) is 9.98 Å². The predicted octanol–water partition coefficient (Wildman–Crippen LogP) is 0.0994. The molecule has 1 amide bonds. The number of amidine groups is 1. The lowest BCUT2D eigenvalue weighted by atomic mass is 10.00. The summed E-state index contributed by atoms with van der Waals surface area (Å²) in [6.07, 6.45) is 3.21. The average molecular weight is 399 g/mol. The monoisotopic (exact) mass is 399 g/mol. The Morgan fingerprint density at radius 2 is 2.21 bits per heavy atom. The van der Waals surface area contributed by atoms with Crippen molar-refractivity contribution in [2.45, 2.75) is 44.0 Å². The lowest BCUT2D eigenvalue weighted by Crippen LogP contribution is -2.46. The molecule has 2 unspecified atom stereocenters. The molecule has 3 heterocycles. The van der Waals surface area contributed by atoms with Gasteiger partial charge in [-0.3, -0.25) is 14.7 Å². The molecular formula is C21H29N5O3. The fourth-order valence-corrected chi connectivity index (χ4v) is 4.02. The average Bonchev–Trinajstić information content (AvgIpc) is 3.25. The van der Waals surface area contributed by atoms with E-state index in [1.165, 1.54) is 17.5 Å². The zero-order valence-electron chi connectivity index (χ0n) is 16.6. The van der Waals surface area contributed by atoms with Gasteiger partial charge in [0.15, 0.2) is 0 Å². The molecule has 8 nitrogen and oxygen atoms in total. The Labute approximate surface area is 171 Å². The fourth-order valence-electron chi connectivity index (χ4n) is 4.02. The number of aliphatic hydroxyl groups excluding tert-OH is 1. The second-order valence-corrected chi connectivity index (χ2v) is 7.92. The summed E-state index contributed by atoms with van der Waals surface area (Å²) in [5.74, 6) is 0.587. The van der Waals surface area contributed by atoms with Crippen LogP contribution in [0.5, 0.6) is 0 Å². The molecular weight excluding hydrogens is 370 g/mol. The number of carbonyl (C=O) groups is 1. The molecule has 3 atom stereocenters. The summed E-state index contributed by atoms with van der Waals surface area (Å²) in [6.45, 7) is 3.94. The maximum Gasteiger partial charge on any atom is 0.245 e. The quantitative estimate of drug-likeness (QED) is 0.630. The molecule has 0 aliphatic carbocycles. The number of benzene rings is 1. The van der Waals surface area contributed by atoms with Gasteiger partial charge in [0.2, 0.25) is 5.91 Å². The van der Waals surface area contributed by atoms with E-state index in [9.17, 15) is 9.90 Å². The number of aliphatic hydroxyl groups is 1. The van der Waals surface area contributed by atoms with Gasteiger partial charge in [0.05, 0.1) is 18.8 Å². The van der Waals surface area contributed by atoms with Crippen LogP contribution in [0.3, 0.4) is 0 Å². The van der Waals surface area contributed by atoms with E-state index in [0.29, 0.717) is 19.6 Å². The third-order valence-corrected chi connectivity index (χ3v) is 5.64. The maximum absolute atomic E-state index is 12.5.